The third-order valence-electron chi connectivity index (χ3n) is 5.71. The van der Waals surface area contributed by atoms with E-state index in [4.69, 9.17) is 19.8 Å². The zero-order chi connectivity index (χ0) is 27.5. The van der Waals surface area contributed by atoms with Gasteiger partial charge < -0.3 is 10.2 Å². The topological polar surface area (TPSA) is 128 Å². The number of hydrogen-bond acceptors (Lipinski definition) is 6. The Kier molecular flexibility index (Phi) is 9.34. The fraction of sp³-hybridized carbons (Fsp3) is 0.650. The van der Waals surface area contributed by atoms with E-state index < -0.39 is 34.3 Å². The molecule has 36 heavy (non-hydrogen) atoms. The van der Waals surface area contributed by atoms with Crippen LogP contribution in [0.3, 0.4) is 0 Å². The molecule has 1 saturated carbocycles. The second kappa shape index (κ2) is 11.3. The highest BCUT2D eigenvalue weighted by atomic mass is 32.2. The van der Waals surface area contributed by atoms with Crippen molar-refractivity contribution in [3.05, 3.63) is 29.6 Å². The first-order valence-corrected chi connectivity index (χ1v) is 12.2. The standard InChI is InChI=1S/C16H23N3O2S.2C2HF3O2/c1-12-3-2-4-13(17-12)11-18-9-7-16-15(18)8-10-19(16)22(20,21)14-5-6-14;2*3-2(4,5)1(6)7/h2-4,14-16H,5-11H2,1H3;2*(H,6,7)/t15-,16+;;/m0../s1. The van der Waals surface area contributed by atoms with Gasteiger partial charge in [0.15, 0.2) is 0 Å². The number of carboxylic acids is 2. The van der Waals surface area contributed by atoms with Crippen LogP contribution in [0.5, 0.6) is 0 Å². The van der Waals surface area contributed by atoms with Crippen LogP contribution < -0.4 is 0 Å². The third kappa shape index (κ3) is 8.03. The minimum absolute atomic E-state index is 0.0845. The number of carbonyl (C=O) groups is 2. The summed E-state index contributed by atoms with van der Waals surface area (Å²) in [5, 5.41) is 14.2. The number of rotatable bonds is 4. The van der Waals surface area contributed by atoms with Crippen molar-refractivity contribution in [2.75, 3.05) is 13.1 Å². The van der Waals surface area contributed by atoms with Crippen LogP contribution in [0.4, 0.5) is 26.3 Å². The number of alkyl halides is 6. The minimum atomic E-state index is -5.08. The summed E-state index contributed by atoms with van der Waals surface area (Å²) in [7, 11) is -3.03. The van der Waals surface area contributed by atoms with Crippen LogP contribution in [0.15, 0.2) is 18.2 Å². The molecule has 204 valence electrons. The molecule has 1 aromatic heterocycles. The summed E-state index contributed by atoms with van der Waals surface area (Å²) in [6.45, 7) is 4.52. The third-order valence-corrected chi connectivity index (χ3v) is 8.13. The number of likely N-dealkylation sites (tertiary alicyclic amines) is 1. The van der Waals surface area contributed by atoms with Crippen molar-refractivity contribution in [2.45, 2.75) is 68.8 Å². The Labute approximate surface area is 202 Å². The molecule has 0 radical (unpaired) electrons. The Hall–Kier alpha value is -2.46. The fourth-order valence-electron chi connectivity index (χ4n) is 4.00. The van der Waals surface area contributed by atoms with Gasteiger partial charge in [-0.1, -0.05) is 6.07 Å². The van der Waals surface area contributed by atoms with Crippen molar-refractivity contribution in [1.82, 2.24) is 14.2 Å². The molecule has 3 fully saturated rings. The van der Waals surface area contributed by atoms with E-state index in [0.717, 1.165) is 50.2 Å². The van der Waals surface area contributed by atoms with Crippen molar-refractivity contribution >= 4 is 22.0 Å². The zero-order valence-electron chi connectivity index (χ0n) is 19.0. The smallest absolute Gasteiger partial charge is 0.475 e. The highest BCUT2D eigenvalue weighted by Gasteiger charge is 2.51. The second-order valence-electron chi connectivity index (χ2n) is 8.41. The number of hydrogen-bond donors (Lipinski definition) is 2. The van der Waals surface area contributed by atoms with E-state index in [1.165, 1.54) is 0 Å². The molecule has 1 aliphatic carbocycles. The molecule has 2 saturated heterocycles. The molecule has 2 atom stereocenters. The lowest BCUT2D eigenvalue weighted by molar-refractivity contribution is -0.193. The predicted octanol–water partition coefficient (Wildman–Crippen LogP) is 2.80. The van der Waals surface area contributed by atoms with Crippen LogP contribution in [0.1, 0.15) is 37.1 Å². The number of pyridine rings is 1. The monoisotopic (exact) mass is 549 g/mol. The lowest BCUT2D eigenvalue weighted by Gasteiger charge is -2.25. The molecule has 0 amide bonds. The van der Waals surface area contributed by atoms with E-state index in [1.54, 1.807) is 0 Å². The van der Waals surface area contributed by atoms with Crippen molar-refractivity contribution in [3.63, 3.8) is 0 Å². The van der Waals surface area contributed by atoms with E-state index in [1.807, 2.05) is 23.4 Å². The summed E-state index contributed by atoms with van der Waals surface area (Å²) < 4.78 is 90.4. The van der Waals surface area contributed by atoms with Gasteiger partial charge in [0.25, 0.3) is 0 Å². The zero-order valence-corrected chi connectivity index (χ0v) is 19.8. The fourth-order valence-corrected chi connectivity index (χ4v) is 6.10. The summed E-state index contributed by atoms with van der Waals surface area (Å²) in [5.41, 5.74) is 2.13. The maximum atomic E-state index is 12.5. The summed E-state index contributed by atoms with van der Waals surface area (Å²) in [6.07, 6.45) is -6.54. The average Bonchev–Trinajstić information content (AvgIpc) is 3.41. The molecular formula is C20H25F6N3O6S. The molecule has 0 unspecified atom stereocenters. The number of sulfonamides is 1. The van der Waals surface area contributed by atoms with Crippen LogP contribution in [0, 0.1) is 6.92 Å². The Morgan fingerprint density at radius 1 is 0.944 bits per heavy atom. The number of aliphatic carboxylic acids is 2. The normalized spacial score (nSPS) is 22.6. The summed E-state index contributed by atoms with van der Waals surface area (Å²) in [5.74, 6) is -5.51. The van der Waals surface area contributed by atoms with Gasteiger partial charge in [0, 0.05) is 37.4 Å². The largest absolute Gasteiger partial charge is 0.490 e. The molecule has 2 aliphatic heterocycles. The molecule has 0 bridgehead atoms. The van der Waals surface area contributed by atoms with Gasteiger partial charge in [-0.05, 0) is 44.7 Å². The number of aryl methyl sites for hydroxylation is 1. The Morgan fingerprint density at radius 3 is 1.89 bits per heavy atom. The van der Waals surface area contributed by atoms with Crippen molar-refractivity contribution in [2.24, 2.45) is 0 Å². The number of fused-ring (bicyclic) bond motifs is 1. The number of nitrogens with zero attached hydrogens (tertiary/aromatic N) is 3. The average molecular weight is 549 g/mol. The first kappa shape index (κ1) is 29.8. The lowest BCUT2D eigenvalue weighted by Crippen LogP contribution is -2.41. The highest BCUT2D eigenvalue weighted by Crippen LogP contribution is 2.39. The van der Waals surface area contributed by atoms with Crippen molar-refractivity contribution in [3.8, 4) is 0 Å². The molecule has 2 N–H and O–H groups in total. The van der Waals surface area contributed by atoms with Gasteiger partial charge in [0.05, 0.1) is 10.9 Å². The van der Waals surface area contributed by atoms with Gasteiger partial charge in [-0.25, -0.2) is 18.0 Å². The van der Waals surface area contributed by atoms with Gasteiger partial charge in [-0.3, -0.25) is 9.88 Å². The quantitative estimate of drug-likeness (QED) is 0.549. The highest BCUT2D eigenvalue weighted by molar-refractivity contribution is 7.90. The van der Waals surface area contributed by atoms with Gasteiger partial charge in [0.1, 0.15) is 0 Å². The SMILES string of the molecule is Cc1cccc(CN2CC[C@@H]3[C@@H]2CCN3S(=O)(=O)C2CC2)n1.O=C(O)C(F)(F)F.O=C(O)C(F)(F)F. The molecule has 0 aromatic carbocycles. The van der Waals surface area contributed by atoms with Crippen molar-refractivity contribution in [1.29, 1.82) is 0 Å². The van der Waals surface area contributed by atoms with Crippen LogP contribution in [-0.4, -0.2) is 87.5 Å². The summed E-state index contributed by atoms with van der Waals surface area (Å²) in [6, 6.07) is 6.68. The molecule has 3 aliphatic rings. The predicted molar refractivity (Wildman–Crippen MR) is 112 cm³/mol. The molecular weight excluding hydrogens is 524 g/mol. The number of aromatic nitrogens is 1. The van der Waals surface area contributed by atoms with Gasteiger partial charge in [-0.15, -0.1) is 0 Å². The van der Waals surface area contributed by atoms with E-state index >= 15 is 0 Å². The van der Waals surface area contributed by atoms with Gasteiger partial charge in [-0.2, -0.15) is 30.6 Å². The molecule has 3 heterocycles. The Balaban J connectivity index is 0.000000271. The first-order valence-electron chi connectivity index (χ1n) is 10.7. The van der Waals surface area contributed by atoms with Crippen LogP contribution in [0.2, 0.25) is 0 Å². The maximum absolute atomic E-state index is 12.5. The van der Waals surface area contributed by atoms with Gasteiger partial charge in [0.2, 0.25) is 10.0 Å². The summed E-state index contributed by atoms with van der Waals surface area (Å²) >= 11 is 0. The Bertz CT molecular complexity index is 1020. The minimum Gasteiger partial charge on any atom is -0.475 e. The van der Waals surface area contributed by atoms with Gasteiger partial charge >= 0.3 is 24.3 Å². The number of halogens is 6. The van der Waals surface area contributed by atoms with Crippen LogP contribution >= 0.6 is 0 Å². The molecule has 1 aromatic rings. The molecule has 16 heteroatoms. The Morgan fingerprint density at radius 2 is 1.44 bits per heavy atom. The van der Waals surface area contributed by atoms with E-state index in [-0.39, 0.29) is 11.3 Å². The van der Waals surface area contributed by atoms with E-state index in [2.05, 4.69) is 16.0 Å². The molecule has 4 rings (SSSR count). The molecule has 0 spiro atoms. The van der Waals surface area contributed by atoms with E-state index in [9.17, 15) is 34.8 Å². The van der Waals surface area contributed by atoms with Crippen LogP contribution in [-0.2, 0) is 26.2 Å². The summed E-state index contributed by atoms with van der Waals surface area (Å²) in [4.78, 5) is 24.8. The van der Waals surface area contributed by atoms with Crippen LogP contribution in [0.25, 0.3) is 0 Å². The van der Waals surface area contributed by atoms with Crippen molar-refractivity contribution < 1.29 is 54.6 Å². The molecule has 9 nitrogen and oxygen atoms in total. The second-order valence-corrected chi connectivity index (χ2v) is 10.6. The number of carboxylic acid groups (broad SMARTS) is 2. The van der Waals surface area contributed by atoms with E-state index in [0.29, 0.717) is 12.6 Å². The lowest BCUT2D eigenvalue weighted by atomic mass is 10.1. The maximum Gasteiger partial charge on any atom is 0.490 e. The first-order chi connectivity index (χ1) is 16.4.